The fraction of sp³-hybridized carbons (Fsp3) is 0.364. The highest BCUT2D eigenvalue weighted by molar-refractivity contribution is 9.11. The Morgan fingerprint density at radius 1 is 1.06 bits per heavy atom. The maximum Gasteiger partial charge on any atom is 0.435 e. The molecule has 0 saturated heterocycles. The van der Waals surface area contributed by atoms with Crippen molar-refractivity contribution < 1.29 is 35.5 Å². The first-order valence-electron chi connectivity index (χ1n) is 10.2. The number of halogens is 8. The summed E-state index contributed by atoms with van der Waals surface area (Å²) in [6.45, 7) is 2.56. The van der Waals surface area contributed by atoms with Gasteiger partial charge in [0.1, 0.15) is 0 Å². The number of benzene rings is 1. The van der Waals surface area contributed by atoms with Crippen molar-refractivity contribution in [2.24, 2.45) is 0 Å². The molecule has 0 unspecified atom stereocenters. The normalized spacial score (nSPS) is 14.9. The first kappa shape index (κ1) is 25.7. The molecule has 1 N–H and O–H groups in total. The van der Waals surface area contributed by atoms with Gasteiger partial charge in [-0.25, -0.2) is 9.07 Å². The van der Waals surface area contributed by atoms with Crippen LogP contribution in [-0.4, -0.2) is 34.1 Å². The number of carbonyl (C=O) groups excluding carboxylic acids is 1. The summed E-state index contributed by atoms with van der Waals surface area (Å²) >= 11 is 4.64. The molecule has 4 rings (SSSR count). The lowest BCUT2D eigenvalue weighted by Crippen LogP contribution is -2.50. The van der Waals surface area contributed by atoms with Crippen LogP contribution in [0, 0.1) is 13.8 Å². The second kappa shape index (κ2) is 8.61. The van der Waals surface area contributed by atoms with Crippen LogP contribution in [0.25, 0.3) is 16.1 Å². The van der Waals surface area contributed by atoms with E-state index in [2.05, 4.69) is 26.3 Å². The molecule has 1 aromatic carbocycles. The van der Waals surface area contributed by atoms with Gasteiger partial charge < -0.3 is 5.32 Å². The summed E-state index contributed by atoms with van der Waals surface area (Å²) in [6, 6.07) is 2.91. The number of aryl methyl sites for hydroxylation is 2. The van der Waals surface area contributed by atoms with Crippen molar-refractivity contribution in [1.29, 1.82) is 0 Å². The molecule has 1 saturated carbocycles. The zero-order valence-electron chi connectivity index (χ0n) is 18.1. The zero-order chi connectivity index (χ0) is 25.9. The average molecular weight is 584 g/mol. The lowest BCUT2D eigenvalue weighted by Gasteiger charge is -2.31. The third kappa shape index (κ3) is 4.59. The number of alkyl halides is 7. The van der Waals surface area contributed by atoms with Crippen molar-refractivity contribution in [1.82, 2.24) is 15.1 Å². The quantitative estimate of drug-likeness (QED) is 0.324. The molecular weight excluding hydrogens is 567 g/mol. The van der Waals surface area contributed by atoms with Gasteiger partial charge in [-0.2, -0.15) is 31.4 Å². The Bertz CT molecular complexity index is 1250. The third-order valence-corrected chi connectivity index (χ3v) is 7.50. The average Bonchev–Trinajstić information content (AvgIpc) is 3.25. The predicted octanol–water partition coefficient (Wildman–Crippen LogP) is 7.16. The molecule has 2 heterocycles. The summed E-state index contributed by atoms with van der Waals surface area (Å²) in [7, 11) is 0. The number of rotatable bonds is 5. The predicted molar refractivity (Wildman–Crippen MR) is 119 cm³/mol. The summed E-state index contributed by atoms with van der Waals surface area (Å²) in [4.78, 5) is 13.1. The minimum absolute atomic E-state index is 0.0259. The van der Waals surface area contributed by atoms with E-state index in [9.17, 15) is 35.5 Å². The number of thiophene rings is 1. The van der Waals surface area contributed by atoms with E-state index in [0.717, 1.165) is 12.8 Å². The lowest BCUT2D eigenvalue weighted by molar-refractivity contribution is -0.348. The third-order valence-electron chi connectivity index (χ3n) is 5.61. The van der Waals surface area contributed by atoms with Crippen LogP contribution in [0.1, 0.15) is 39.9 Å². The molecule has 1 aliphatic rings. The van der Waals surface area contributed by atoms with Crippen LogP contribution in [0.4, 0.5) is 30.7 Å². The van der Waals surface area contributed by atoms with Crippen LogP contribution in [0.5, 0.6) is 0 Å². The summed E-state index contributed by atoms with van der Waals surface area (Å²) in [5, 5.41) is 7.07. The summed E-state index contributed by atoms with van der Waals surface area (Å²) in [6.07, 6.45) is -7.54. The fourth-order valence-electron chi connectivity index (χ4n) is 3.73. The minimum atomic E-state index is -6.19. The maximum absolute atomic E-state index is 14.5. The van der Waals surface area contributed by atoms with Gasteiger partial charge in [-0.05, 0) is 59.8 Å². The standard InChI is InChI=1S/C22H17BrF7N3OS/c1-10-5-13(20(24,21(25,26)27)22(28,29)30)6-11(2)17(10)33-9-12(8-31-33)16-7-15(18(23)35-16)19(34)32-14-3-4-14/h5-9,14H,3-4H2,1-2H3,(H,32,34). The summed E-state index contributed by atoms with van der Waals surface area (Å²) in [5.41, 5.74) is -5.87. The van der Waals surface area contributed by atoms with Crippen LogP contribution in [0.2, 0.25) is 0 Å². The molecule has 13 heteroatoms. The highest BCUT2D eigenvalue weighted by Gasteiger charge is 2.73. The van der Waals surface area contributed by atoms with E-state index in [1.54, 1.807) is 6.07 Å². The van der Waals surface area contributed by atoms with Crippen molar-refractivity contribution >= 4 is 33.2 Å². The summed E-state index contributed by atoms with van der Waals surface area (Å²) in [5.74, 6) is -0.222. The molecule has 0 atom stereocenters. The number of aromatic nitrogens is 2. The number of amides is 1. The number of carbonyl (C=O) groups is 1. The largest absolute Gasteiger partial charge is 0.435 e. The van der Waals surface area contributed by atoms with E-state index in [4.69, 9.17) is 0 Å². The van der Waals surface area contributed by atoms with Gasteiger partial charge in [0.2, 0.25) is 0 Å². The van der Waals surface area contributed by atoms with Gasteiger partial charge in [-0.15, -0.1) is 11.3 Å². The van der Waals surface area contributed by atoms with Crippen molar-refractivity contribution in [2.75, 3.05) is 0 Å². The zero-order valence-corrected chi connectivity index (χ0v) is 20.5. The van der Waals surface area contributed by atoms with Crippen molar-refractivity contribution in [3.05, 3.63) is 56.6 Å². The van der Waals surface area contributed by atoms with Crippen LogP contribution in [0.3, 0.4) is 0 Å². The van der Waals surface area contributed by atoms with Crippen molar-refractivity contribution in [3.8, 4) is 16.1 Å². The number of nitrogens with one attached hydrogen (secondary N) is 1. The van der Waals surface area contributed by atoms with Crippen LogP contribution >= 0.6 is 27.3 Å². The Morgan fingerprint density at radius 2 is 1.63 bits per heavy atom. The molecule has 0 spiro atoms. The van der Waals surface area contributed by atoms with E-state index in [1.165, 1.54) is 42.3 Å². The van der Waals surface area contributed by atoms with Gasteiger partial charge in [-0.3, -0.25) is 4.79 Å². The number of nitrogens with zero attached hydrogens (tertiary/aromatic N) is 2. The second-order valence-electron chi connectivity index (χ2n) is 8.33. The molecule has 2 aromatic heterocycles. The molecule has 0 bridgehead atoms. The van der Waals surface area contributed by atoms with Gasteiger partial charge in [0.15, 0.2) is 0 Å². The lowest BCUT2D eigenvalue weighted by atomic mass is 9.90. The van der Waals surface area contributed by atoms with Gasteiger partial charge in [0.05, 0.1) is 21.2 Å². The number of hydrogen-bond donors (Lipinski definition) is 1. The number of hydrogen-bond acceptors (Lipinski definition) is 3. The molecule has 35 heavy (non-hydrogen) atoms. The molecule has 1 aliphatic carbocycles. The van der Waals surface area contributed by atoms with E-state index in [1.807, 2.05) is 0 Å². The molecule has 0 radical (unpaired) electrons. The molecule has 1 amide bonds. The molecule has 188 valence electrons. The molecule has 4 nitrogen and oxygen atoms in total. The first-order chi connectivity index (χ1) is 16.1. The SMILES string of the molecule is Cc1cc(C(F)(C(F)(F)F)C(F)(F)F)cc(C)c1-n1cc(-c2cc(C(=O)NC3CC3)c(Br)s2)cn1. The Hall–Kier alpha value is -2.41. The highest BCUT2D eigenvalue weighted by Crippen LogP contribution is 2.53. The van der Waals surface area contributed by atoms with Gasteiger partial charge in [0.25, 0.3) is 5.91 Å². The van der Waals surface area contributed by atoms with E-state index in [-0.39, 0.29) is 28.8 Å². The van der Waals surface area contributed by atoms with Crippen LogP contribution in [-0.2, 0) is 5.67 Å². The molecule has 3 aromatic rings. The highest BCUT2D eigenvalue weighted by atomic mass is 79.9. The van der Waals surface area contributed by atoms with Crippen molar-refractivity contribution in [3.63, 3.8) is 0 Å². The van der Waals surface area contributed by atoms with Gasteiger partial charge in [0, 0.05) is 28.2 Å². The van der Waals surface area contributed by atoms with Crippen molar-refractivity contribution in [2.45, 2.75) is 50.8 Å². The molecule has 0 aliphatic heterocycles. The molecular formula is C22H17BrF7N3OS. The van der Waals surface area contributed by atoms with Crippen LogP contribution in [0.15, 0.2) is 34.4 Å². The van der Waals surface area contributed by atoms with E-state index < -0.39 is 23.6 Å². The van der Waals surface area contributed by atoms with E-state index >= 15 is 0 Å². The Labute approximate surface area is 207 Å². The Kier molecular flexibility index (Phi) is 6.32. The van der Waals surface area contributed by atoms with Gasteiger partial charge >= 0.3 is 18.0 Å². The molecule has 1 fully saturated rings. The first-order valence-corrected chi connectivity index (χ1v) is 11.8. The van der Waals surface area contributed by atoms with E-state index in [0.29, 0.717) is 31.9 Å². The van der Waals surface area contributed by atoms with Crippen LogP contribution < -0.4 is 5.32 Å². The fourth-order valence-corrected chi connectivity index (χ4v) is 5.41. The maximum atomic E-state index is 14.5. The Balaban J connectivity index is 1.69. The monoisotopic (exact) mass is 583 g/mol. The minimum Gasteiger partial charge on any atom is -0.349 e. The topological polar surface area (TPSA) is 46.9 Å². The Morgan fingerprint density at radius 3 is 2.14 bits per heavy atom. The smallest absolute Gasteiger partial charge is 0.349 e. The van der Waals surface area contributed by atoms with Gasteiger partial charge in [-0.1, -0.05) is 12.1 Å². The second-order valence-corrected chi connectivity index (χ2v) is 10.7. The summed E-state index contributed by atoms with van der Waals surface area (Å²) < 4.78 is 95.5.